The van der Waals surface area contributed by atoms with Crippen molar-refractivity contribution >= 4 is 5.97 Å². The van der Waals surface area contributed by atoms with E-state index in [-0.39, 0.29) is 34.7 Å². The fourth-order valence-electron chi connectivity index (χ4n) is 3.60. The molecule has 6 nitrogen and oxygen atoms in total. The number of rotatable bonds is 5. The molecule has 1 aromatic carbocycles. The first-order valence-electron chi connectivity index (χ1n) is 10.1. The summed E-state index contributed by atoms with van der Waals surface area (Å²) >= 11 is 0. The Kier molecular flexibility index (Phi) is 6.66. The molecular weight excluding hydrogens is 485 g/mol. The zero-order valence-corrected chi connectivity index (χ0v) is 18.8. The van der Waals surface area contributed by atoms with E-state index in [1.807, 2.05) is 0 Å². The lowest BCUT2D eigenvalue weighted by Gasteiger charge is -2.31. The quantitative estimate of drug-likeness (QED) is 0.328. The normalized spacial score (nSPS) is 12.7. The van der Waals surface area contributed by atoms with Crippen molar-refractivity contribution in [1.29, 1.82) is 0 Å². The lowest BCUT2D eigenvalue weighted by atomic mass is 9.90. The predicted octanol–water partition coefficient (Wildman–Crippen LogP) is 5.72. The van der Waals surface area contributed by atoms with Gasteiger partial charge in [0.25, 0.3) is 0 Å². The Labute approximate surface area is 194 Å². The van der Waals surface area contributed by atoms with Crippen LogP contribution >= 0.6 is 0 Å². The van der Waals surface area contributed by atoms with Gasteiger partial charge in [0, 0.05) is 17.3 Å². The van der Waals surface area contributed by atoms with E-state index in [4.69, 9.17) is 4.74 Å². The number of hydrogen-bond donors (Lipinski definition) is 0. The Morgan fingerprint density at radius 2 is 1.54 bits per heavy atom. The molecule has 0 unspecified atom stereocenters. The molecule has 2 aromatic heterocycles. The molecule has 0 saturated heterocycles. The van der Waals surface area contributed by atoms with Gasteiger partial charge in [-0.2, -0.15) is 26.3 Å². The summed E-state index contributed by atoms with van der Waals surface area (Å²) in [5.74, 6) is -0.599. The van der Waals surface area contributed by atoms with Gasteiger partial charge < -0.3 is 4.74 Å². The maximum absolute atomic E-state index is 14.5. The van der Waals surface area contributed by atoms with Crippen LogP contribution in [0.25, 0.3) is 16.9 Å². The number of benzene rings is 1. The van der Waals surface area contributed by atoms with Gasteiger partial charge in [0.2, 0.25) is 0 Å². The van der Waals surface area contributed by atoms with Gasteiger partial charge in [0.05, 0.1) is 29.7 Å². The first-order valence-corrected chi connectivity index (χ1v) is 10.1. The van der Waals surface area contributed by atoms with Crippen molar-refractivity contribution in [2.75, 3.05) is 6.61 Å². The number of aryl methyl sites for hydroxylation is 3. The minimum absolute atomic E-state index is 0.0961. The highest BCUT2D eigenvalue weighted by atomic mass is 19.4. The van der Waals surface area contributed by atoms with Crippen LogP contribution in [0, 0.1) is 20.8 Å². The minimum Gasteiger partial charge on any atom is -0.462 e. The smallest absolute Gasteiger partial charge is 0.435 e. The molecule has 0 aliphatic rings. The van der Waals surface area contributed by atoms with Crippen molar-refractivity contribution in [1.82, 2.24) is 20.0 Å². The lowest BCUT2D eigenvalue weighted by Crippen LogP contribution is -2.50. The number of halogens is 7. The van der Waals surface area contributed by atoms with E-state index in [1.165, 1.54) is 32.3 Å². The number of carbonyl (C=O) groups excluding carboxylic acids is 1. The first kappa shape index (κ1) is 26.1. The zero-order valence-electron chi connectivity index (χ0n) is 18.8. The van der Waals surface area contributed by atoms with Crippen molar-refractivity contribution in [3.8, 4) is 16.9 Å². The van der Waals surface area contributed by atoms with Gasteiger partial charge in [-0.05, 0) is 44.9 Å². The monoisotopic (exact) mass is 504 g/mol. The topological polar surface area (TPSA) is 69.9 Å². The highest BCUT2D eigenvalue weighted by Gasteiger charge is 2.73. The number of esters is 1. The number of alkyl halides is 7. The second kappa shape index (κ2) is 8.93. The average molecular weight is 504 g/mol. The molecule has 0 atom stereocenters. The summed E-state index contributed by atoms with van der Waals surface area (Å²) in [6.07, 6.45) is -9.67. The summed E-state index contributed by atoms with van der Waals surface area (Å²) in [6.45, 7) is 5.85. The van der Waals surface area contributed by atoms with Gasteiger partial charge in [-0.1, -0.05) is 17.3 Å². The predicted molar refractivity (Wildman–Crippen MR) is 110 cm³/mol. The number of ether oxygens (including phenoxy) is 1. The number of aromatic nitrogens is 4. The van der Waals surface area contributed by atoms with Crippen molar-refractivity contribution < 1.29 is 40.3 Å². The average Bonchev–Trinajstić information content (AvgIpc) is 3.21. The molecule has 0 aliphatic heterocycles. The highest BCUT2D eigenvalue weighted by Crippen LogP contribution is 2.53. The molecule has 3 aromatic rings. The zero-order chi connectivity index (χ0) is 26.3. The van der Waals surface area contributed by atoms with E-state index < -0.39 is 29.6 Å². The third-order valence-electron chi connectivity index (χ3n) is 5.27. The van der Waals surface area contributed by atoms with Crippen molar-refractivity contribution in [2.45, 2.75) is 45.7 Å². The molecule has 0 radical (unpaired) electrons. The molecule has 0 N–H and O–H groups in total. The van der Waals surface area contributed by atoms with E-state index in [0.29, 0.717) is 23.4 Å². The van der Waals surface area contributed by atoms with Crippen molar-refractivity contribution in [3.05, 3.63) is 58.5 Å². The number of hydrogen-bond acceptors (Lipinski definition) is 5. The second-order valence-electron chi connectivity index (χ2n) is 7.74. The van der Waals surface area contributed by atoms with E-state index >= 15 is 0 Å². The summed E-state index contributed by atoms with van der Waals surface area (Å²) in [7, 11) is 0. The van der Waals surface area contributed by atoms with E-state index in [9.17, 15) is 35.5 Å². The third-order valence-corrected chi connectivity index (χ3v) is 5.27. The van der Waals surface area contributed by atoms with Crippen LogP contribution in [0.4, 0.5) is 30.7 Å². The maximum atomic E-state index is 14.5. The van der Waals surface area contributed by atoms with Crippen molar-refractivity contribution in [3.63, 3.8) is 0 Å². The molecule has 35 heavy (non-hydrogen) atoms. The molecule has 2 heterocycles. The van der Waals surface area contributed by atoms with Crippen LogP contribution in [0.5, 0.6) is 0 Å². The van der Waals surface area contributed by atoms with Crippen molar-refractivity contribution in [2.24, 2.45) is 0 Å². The second-order valence-corrected chi connectivity index (χ2v) is 7.74. The molecule has 0 amide bonds. The number of nitrogens with zero attached hydrogens (tertiary/aromatic N) is 4. The Morgan fingerprint density at radius 3 is 2.06 bits per heavy atom. The molecule has 0 aliphatic carbocycles. The Hall–Kier alpha value is -3.51. The van der Waals surface area contributed by atoms with Gasteiger partial charge in [-0.25, -0.2) is 13.9 Å². The Bertz CT molecular complexity index is 1230. The van der Waals surface area contributed by atoms with Crippen LogP contribution in [0.1, 0.15) is 39.7 Å². The van der Waals surface area contributed by atoms with Crippen LogP contribution in [0.3, 0.4) is 0 Å². The van der Waals surface area contributed by atoms with E-state index in [0.717, 1.165) is 4.68 Å². The third kappa shape index (κ3) is 4.58. The highest BCUT2D eigenvalue weighted by molar-refractivity contribution is 5.91. The Morgan fingerprint density at radius 1 is 0.971 bits per heavy atom. The number of pyridine rings is 1. The standard InChI is InChI=1S/C22H19F7N4O2/c1-5-35-19(34)16-8-14(9-30-13(16)4)17-10-33(32-31-17)18-11(2)6-15(7-12(18)3)20(23,21(24,25)26)22(27,28)29/h6-10H,5H2,1-4H3. The van der Waals surface area contributed by atoms with Gasteiger partial charge in [-0.3, -0.25) is 4.98 Å². The molecule has 13 heteroatoms. The fourth-order valence-corrected chi connectivity index (χ4v) is 3.60. The van der Waals surface area contributed by atoms with Crippen LogP contribution in [0.2, 0.25) is 0 Å². The molecule has 0 saturated carbocycles. The van der Waals surface area contributed by atoms with Crippen LogP contribution in [-0.2, 0) is 10.4 Å². The fraction of sp³-hybridized carbons (Fsp3) is 0.364. The van der Waals surface area contributed by atoms with Crippen LogP contribution < -0.4 is 0 Å². The summed E-state index contributed by atoms with van der Waals surface area (Å²) in [5, 5.41) is 7.85. The summed E-state index contributed by atoms with van der Waals surface area (Å²) in [4.78, 5) is 16.3. The molecule has 0 spiro atoms. The summed E-state index contributed by atoms with van der Waals surface area (Å²) in [6, 6.07) is 2.44. The molecule has 188 valence electrons. The molecular formula is C22H19F7N4O2. The Balaban J connectivity index is 2.06. The van der Waals surface area contributed by atoms with E-state index in [1.54, 1.807) is 13.8 Å². The van der Waals surface area contributed by atoms with E-state index in [2.05, 4.69) is 15.3 Å². The van der Waals surface area contributed by atoms with Gasteiger partial charge in [0.15, 0.2) is 0 Å². The molecule has 0 bridgehead atoms. The first-order chi connectivity index (χ1) is 16.1. The summed E-state index contributed by atoms with van der Waals surface area (Å²) < 4.78 is 99.6. The largest absolute Gasteiger partial charge is 0.462 e. The number of carbonyl (C=O) groups is 1. The maximum Gasteiger partial charge on any atom is 0.435 e. The minimum atomic E-state index is -6.22. The summed E-state index contributed by atoms with van der Waals surface area (Å²) in [5.41, 5.74) is -6.02. The molecule has 0 fully saturated rings. The van der Waals surface area contributed by atoms with Gasteiger partial charge in [-0.15, -0.1) is 5.10 Å². The van der Waals surface area contributed by atoms with Crippen LogP contribution in [0.15, 0.2) is 30.6 Å². The lowest BCUT2D eigenvalue weighted by molar-refractivity contribution is -0.348. The van der Waals surface area contributed by atoms with Gasteiger partial charge >= 0.3 is 24.0 Å². The molecule has 3 rings (SSSR count). The van der Waals surface area contributed by atoms with Crippen LogP contribution in [-0.4, -0.2) is 44.9 Å². The van der Waals surface area contributed by atoms with Gasteiger partial charge in [0.1, 0.15) is 5.69 Å². The SMILES string of the molecule is CCOC(=O)c1cc(-c2cn(-c3c(C)cc(C(F)(C(F)(F)F)C(F)(F)F)cc3C)nn2)cnc1C.